The summed E-state index contributed by atoms with van der Waals surface area (Å²) in [5.41, 5.74) is 0. The summed E-state index contributed by atoms with van der Waals surface area (Å²) < 4.78 is 0. The van der Waals surface area contributed by atoms with Gasteiger partial charge in [0.15, 0.2) is 0 Å². The van der Waals surface area contributed by atoms with Gasteiger partial charge >= 0.3 is 0 Å². The average Bonchev–Trinajstić information content (AvgIpc) is 3.05. The molecule has 0 aromatic rings. The van der Waals surface area contributed by atoms with Crippen LogP contribution in [0.3, 0.4) is 0 Å². The van der Waals surface area contributed by atoms with Gasteiger partial charge in [-0.25, -0.2) is 0 Å². The number of hydrogen-bond acceptors (Lipinski definition) is 2. The van der Waals surface area contributed by atoms with Gasteiger partial charge in [-0.2, -0.15) is 0 Å². The van der Waals surface area contributed by atoms with E-state index in [2.05, 4.69) is 18.7 Å². The second-order valence-electron chi connectivity index (χ2n) is 6.68. The van der Waals surface area contributed by atoms with Crippen molar-refractivity contribution < 1.29 is 9.90 Å². The van der Waals surface area contributed by atoms with E-state index in [0.29, 0.717) is 17.9 Å². The summed E-state index contributed by atoms with van der Waals surface area (Å²) in [5, 5.41) is 10.2. The molecule has 0 spiro atoms. The van der Waals surface area contributed by atoms with Crippen molar-refractivity contribution in [1.82, 2.24) is 4.90 Å². The molecule has 1 N–H and O–H groups in total. The van der Waals surface area contributed by atoms with E-state index in [9.17, 15) is 9.90 Å². The van der Waals surface area contributed by atoms with E-state index < -0.39 is 0 Å². The molecule has 0 bridgehead atoms. The normalized spacial score (nSPS) is 30.4. The summed E-state index contributed by atoms with van der Waals surface area (Å²) in [6, 6.07) is 0.316. The van der Waals surface area contributed by atoms with Crippen molar-refractivity contribution in [3.63, 3.8) is 0 Å². The van der Waals surface area contributed by atoms with E-state index in [1.165, 1.54) is 0 Å². The van der Waals surface area contributed by atoms with Crippen LogP contribution in [0.1, 0.15) is 71.6 Å². The van der Waals surface area contributed by atoms with Crippen molar-refractivity contribution >= 4 is 5.91 Å². The molecule has 116 valence electrons. The van der Waals surface area contributed by atoms with E-state index in [0.717, 1.165) is 64.3 Å². The smallest absolute Gasteiger partial charge is 0.225 e. The molecule has 3 atom stereocenters. The summed E-state index contributed by atoms with van der Waals surface area (Å²) in [7, 11) is 0. The first-order valence-electron chi connectivity index (χ1n) is 8.67. The molecule has 1 amide bonds. The molecule has 1 saturated heterocycles. The Balaban J connectivity index is 2.03. The van der Waals surface area contributed by atoms with Crippen LogP contribution in [0.25, 0.3) is 0 Å². The van der Waals surface area contributed by atoms with E-state index >= 15 is 0 Å². The van der Waals surface area contributed by atoms with Crippen LogP contribution < -0.4 is 0 Å². The number of carbonyl (C=O) groups excluding carboxylic acids is 1. The molecule has 2 fully saturated rings. The van der Waals surface area contributed by atoms with Gasteiger partial charge in [-0.3, -0.25) is 4.79 Å². The molecule has 20 heavy (non-hydrogen) atoms. The first kappa shape index (κ1) is 15.8. The topological polar surface area (TPSA) is 40.5 Å². The van der Waals surface area contributed by atoms with Gasteiger partial charge in [-0.1, -0.05) is 33.1 Å². The van der Waals surface area contributed by atoms with Gasteiger partial charge in [0.25, 0.3) is 0 Å². The zero-order valence-corrected chi connectivity index (χ0v) is 13.2. The molecule has 0 aromatic heterocycles. The highest BCUT2D eigenvalue weighted by Gasteiger charge is 2.41. The third-order valence-corrected chi connectivity index (χ3v) is 5.23. The van der Waals surface area contributed by atoms with Crippen LogP contribution in [0.2, 0.25) is 0 Å². The molecule has 1 saturated carbocycles. The predicted octanol–water partition coefficient (Wildman–Crippen LogP) is 3.35. The lowest BCUT2D eigenvalue weighted by molar-refractivity contribution is -0.138. The Labute approximate surface area is 123 Å². The van der Waals surface area contributed by atoms with E-state index in [1.54, 1.807) is 0 Å². The number of carbonyl (C=O) groups is 1. The fourth-order valence-electron chi connectivity index (χ4n) is 4.25. The summed E-state index contributed by atoms with van der Waals surface area (Å²) in [6.07, 6.45) is 9.39. The lowest BCUT2D eigenvalue weighted by Gasteiger charge is -2.33. The van der Waals surface area contributed by atoms with Gasteiger partial charge < -0.3 is 10.0 Å². The van der Waals surface area contributed by atoms with Gasteiger partial charge in [-0.15, -0.1) is 0 Å². The molecule has 1 aliphatic carbocycles. The minimum atomic E-state index is -0.177. The quantitative estimate of drug-likeness (QED) is 0.811. The maximum atomic E-state index is 12.8. The summed E-state index contributed by atoms with van der Waals surface area (Å²) >= 11 is 0. The molecule has 3 nitrogen and oxygen atoms in total. The Hall–Kier alpha value is -0.570. The van der Waals surface area contributed by atoms with Gasteiger partial charge in [-0.05, 0) is 38.5 Å². The maximum Gasteiger partial charge on any atom is 0.225 e. The zero-order valence-electron chi connectivity index (χ0n) is 13.2. The van der Waals surface area contributed by atoms with Gasteiger partial charge in [0.2, 0.25) is 5.91 Å². The van der Waals surface area contributed by atoms with Crippen LogP contribution in [-0.4, -0.2) is 34.6 Å². The number of nitrogens with zero attached hydrogens (tertiary/aromatic N) is 1. The highest BCUT2D eigenvalue weighted by Crippen LogP contribution is 2.37. The monoisotopic (exact) mass is 281 g/mol. The Morgan fingerprint density at radius 2 is 1.85 bits per heavy atom. The average molecular weight is 281 g/mol. The van der Waals surface area contributed by atoms with Crippen molar-refractivity contribution in [2.45, 2.75) is 83.8 Å². The summed E-state index contributed by atoms with van der Waals surface area (Å²) in [4.78, 5) is 15.0. The van der Waals surface area contributed by atoms with Crippen LogP contribution in [-0.2, 0) is 4.79 Å². The Morgan fingerprint density at radius 3 is 2.40 bits per heavy atom. The fraction of sp³-hybridized carbons (Fsp3) is 0.941. The van der Waals surface area contributed by atoms with Gasteiger partial charge in [0.1, 0.15) is 0 Å². The number of aliphatic hydroxyl groups is 1. The van der Waals surface area contributed by atoms with Crippen LogP contribution in [0.15, 0.2) is 0 Å². The molecule has 1 heterocycles. The minimum Gasteiger partial charge on any atom is -0.393 e. The van der Waals surface area contributed by atoms with Crippen molar-refractivity contribution in [1.29, 1.82) is 0 Å². The molecule has 0 aromatic carbocycles. The zero-order chi connectivity index (χ0) is 14.5. The van der Waals surface area contributed by atoms with Gasteiger partial charge in [0, 0.05) is 24.4 Å². The first-order valence-corrected chi connectivity index (χ1v) is 8.67. The lowest BCUT2D eigenvalue weighted by Crippen LogP contribution is -2.45. The van der Waals surface area contributed by atoms with Crippen LogP contribution in [0.4, 0.5) is 0 Å². The molecule has 3 unspecified atom stereocenters. The number of rotatable bonds is 6. The van der Waals surface area contributed by atoms with Crippen molar-refractivity contribution in [2.24, 2.45) is 11.8 Å². The molecule has 1 aliphatic heterocycles. The van der Waals surface area contributed by atoms with Crippen molar-refractivity contribution in [2.75, 3.05) is 6.54 Å². The largest absolute Gasteiger partial charge is 0.393 e. The highest BCUT2D eigenvalue weighted by molar-refractivity contribution is 5.79. The highest BCUT2D eigenvalue weighted by atomic mass is 16.3. The molecule has 2 rings (SSSR count). The fourth-order valence-corrected chi connectivity index (χ4v) is 4.25. The van der Waals surface area contributed by atoms with E-state index in [-0.39, 0.29) is 12.0 Å². The van der Waals surface area contributed by atoms with Crippen molar-refractivity contribution in [3.8, 4) is 0 Å². The molecule has 0 radical (unpaired) electrons. The summed E-state index contributed by atoms with van der Waals surface area (Å²) in [5.74, 6) is 0.921. The molecular weight excluding hydrogens is 250 g/mol. The van der Waals surface area contributed by atoms with Crippen LogP contribution in [0.5, 0.6) is 0 Å². The van der Waals surface area contributed by atoms with Gasteiger partial charge in [0.05, 0.1) is 6.10 Å². The van der Waals surface area contributed by atoms with E-state index in [4.69, 9.17) is 0 Å². The predicted molar refractivity (Wildman–Crippen MR) is 81.4 cm³/mol. The molecule has 3 heteroatoms. The second kappa shape index (κ2) is 7.44. The number of aliphatic hydroxyl groups excluding tert-OH is 1. The second-order valence-corrected chi connectivity index (χ2v) is 6.68. The Morgan fingerprint density at radius 1 is 1.15 bits per heavy atom. The lowest BCUT2D eigenvalue weighted by atomic mass is 9.91. The van der Waals surface area contributed by atoms with Crippen LogP contribution >= 0.6 is 0 Å². The minimum absolute atomic E-state index is 0.177. The summed E-state index contributed by atoms with van der Waals surface area (Å²) in [6.45, 7) is 5.24. The van der Waals surface area contributed by atoms with Crippen LogP contribution in [0, 0.1) is 11.8 Å². The third-order valence-electron chi connectivity index (χ3n) is 5.23. The number of amides is 1. The standard InChI is InChI=1S/C17H31NO2/c1-3-7-13(8-4-2)17(20)18-12-6-10-15(18)14-9-5-11-16(14)19/h13-16,19H,3-12H2,1-2H3. The third kappa shape index (κ3) is 3.36. The molecule has 2 aliphatic rings. The van der Waals surface area contributed by atoms with E-state index in [1.807, 2.05) is 0 Å². The Kier molecular flexibility index (Phi) is 5.88. The maximum absolute atomic E-state index is 12.8. The number of likely N-dealkylation sites (tertiary alicyclic amines) is 1. The van der Waals surface area contributed by atoms with Crippen molar-refractivity contribution in [3.05, 3.63) is 0 Å². The molecular formula is C17H31NO2. The first-order chi connectivity index (χ1) is 9.69. The number of hydrogen-bond donors (Lipinski definition) is 1. The Bertz CT molecular complexity index is 312. The SMILES string of the molecule is CCCC(CCC)C(=O)N1CCCC1C1CCCC1O.